The lowest BCUT2D eigenvalue weighted by Gasteiger charge is -2.32. The summed E-state index contributed by atoms with van der Waals surface area (Å²) in [5.74, 6) is -0.432. The average molecular weight is 382 g/mol. The van der Waals surface area contributed by atoms with E-state index >= 15 is 0 Å². The third-order valence-electron chi connectivity index (χ3n) is 5.73. The zero-order chi connectivity index (χ0) is 19.6. The molecule has 7 heteroatoms. The van der Waals surface area contributed by atoms with Crippen LogP contribution < -0.4 is 11.1 Å². The minimum absolute atomic E-state index is 0.111. The standard InChI is InChI=1S/C19H31N3O3S/c1-12-13(2)15(4)18(16(5)14(12)3)26(24,25)22-10-6-7-17(11-22)19(23)21-9-8-20/h17H,6-11,20H2,1-5H3,(H,21,23). The smallest absolute Gasteiger partial charge is 0.243 e. The first-order valence-corrected chi connectivity index (χ1v) is 10.6. The summed E-state index contributed by atoms with van der Waals surface area (Å²) in [6.45, 7) is 11.2. The van der Waals surface area contributed by atoms with E-state index in [1.165, 1.54) is 4.31 Å². The van der Waals surface area contributed by atoms with Gasteiger partial charge < -0.3 is 11.1 Å². The van der Waals surface area contributed by atoms with E-state index in [4.69, 9.17) is 5.73 Å². The van der Waals surface area contributed by atoms with Crippen molar-refractivity contribution in [2.24, 2.45) is 11.7 Å². The molecule has 1 aromatic rings. The summed E-state index contributed by atoms with van der Waals surface area (Å²) < 4.78 is 28.3. The summed E-state index contributed by atoms with van der Waals surface area (Å²) in [6.07, 6.45) is 1.38. The fourth-order valence-electron chi connectivity index (χ4n) is 3.70. The van der Waals surface area contributed by atoms with Crippen molar-refractivity contribution < 1.29 is 13.2 Å². The Bertz CT molecular complexity index is 774. The monoisotopic (exact) mass is 381 g/mol. The molecular weight excluding hydrogens is 350 g/mol. The van der Waals surface area contributed by atoms with Crippen LogP contribution in [0.5, 0.6) is 0 Å². The van der Waals surface area contributed by atoms with E-state index < -0.39 is 10.0 Å². The molecule has 1 atom stereocenters. The Kier molecular flexibility index (Phi) is 6.47. The Morgan fingerprint density at radius 2 is 1.62 bits per heavy atom. The van der Waals surface area contributed by atoms with Gasteiger partial charge in [0.1, 0.15) is 0 Å². The van der Waals surface area contributed by atoms with Gasteiger partial charge in [-0.3, -0.25) is 4.79 Å². The van der Waals surface area contributed by atoms with Crippen molar-refractivity contribution in [2.45, 2.75) is 52.4 Å². The second kappa shape index (κ2) is 8.06. The summed E-state index contributed by atoms with van der Waals surface area (Å²) in [5, 5.41) is 2.78. The van der Waals surface area contributed by atoms with Crippen LogP contribution in [0.15, 0.2) is 4.90 Å². The van der Waals surface area contributed by atoms with Crippen molar-refractivity contribution in [3.63, 3.8) is 0 Å². The molecule has 1 heterocycles. The van der Waals surface area contributed by atoms with Gasteiger partial charge in [0.15, 0.2) is 0 Å². The zero-order valence-electron chi connectivity index (χ0n) is 16.5. The van der Waals surface area contributed by atoms with Crippen LogP contribution in [0.4, 0.5) is 0 Å². The molecule has 0 aliphatic carbocycles. The Morgan fingerprint density at radius 1 is 1.08 bits per heavy atom. The van der Waals surface area contributed by atoms with E-state index in [-0.39, 0.29) is 18.4 Å². The maximum absolute atomic E-state index is 13.4. The lowest BCUT2D eigenvalue weighted by Crippen LogP contribution is -2.46. The van der Waals surface area contributed by atoms with Crippen LogP contribution in [0.3, 0.4) is 0 Å². The number of nitrogens with two attached hydrogens (primary N) is 1. The number of benzene rings is 1. The topological polar surface area (TPSA) is 92.5 Å². The van der Waals surface area contributed by atoms with Crippen molar-refractivity contribution >= 4 is 15.9 Å². The largest absolute Gasteiger partial charge is 0.355 e. The van der Waals surface area contributed by atoms with E-state index in [0.717, 1.165) is 27.8 Å². The molecule has 2 rings (SSSR count). The SMILES string of the molecule is Cc1c(C)c(C)c(S(=O)(=O)N2CCCC(C(=O)NCCN)C2)c(C)c1C. The van der Waals surface area contributed by atoms with Crippen LogP contribution in [0.2, 0.25) is 0 Å². The van der Waals surface area contributed by atoms with Crippen LogP contribution in [0.25, 0.3) is 0 Å². The van der Waals surface area contributed by atoms with Gasteiger partial charge >= 0.3 is 0 Å². The zero-order valence-corrected chi connectivity index (χ0v) is 17.3. The molecule has 0 radical (unpaired) electrons. The third kappa shape index (κ3) is 3.80. The molecule has 1 saturated heterocycles. The van der Waals surface area contributed by atoms with Gasteiger partial charge in [-0.2, -0.15) is 4.31 Å². The minimum Gasteiger partial charge on any atom is -0.355 e. The predicted octanol–water partition coefficient (Wildman–Crippen LogP) is 1.70. The van der Waals surface area contributed by atoms with Crippen LogP contribution in [-0.4, -0.2) is 44.8 Å². The molecule has 0 bridgehead atoms. The van der Waals surface area contributed by atoms with E-state index in [1.54, 1.807) is 0 Å². The average Bonchev–Trinajstić information content (AvgIpc) is 2.62. The first-order chi connectivity index (χ1) is 12.1. The summed E-state index contributed by atoms with van der Waals surface area (Å²) in [4.78, 5) is 12.7. The molecule has 1 unspecified atom stereocenters. The number of nitrogens with zero attached hydrogens (tertiary/aromatic N) is 1. The summed E-state index contributed by atoms with van der Waals surface area (Å²) >= 11 is 0. The lowest BCUT2D eigenvalue weighted by molar-refractivity contribution is -0.126. The molecule has 1 aliphatic rings. The van der Waals surface area contributed by atoms with Crippen molar-refractivity contribution in [1.29, 1.82) is 0 Å². The number of carbonyl (C=O) groups excluding carboxylic acids is 1. The van der Waals surface area contributed by atoms with Gasteiger partial charge in [0.2, 0.25) is 15.9 Å². The third-order valence-corrected chi connectivity index (χ3v) is 7.87. The molecule has 146 valence electrons. The van der Waals surface area contributed by atoms with Gasteiger partial charge in [0, 0.05) is 26.2 Å². The van der Waals surface area contributed by atoms with Gasteiger partial charge in [0.05, 0.1) is 10.8 Å². The highest BCUT2D eigenvalue weighted by Crippen LogP contribution is 2.33. The molecule has 1 amide bonds. The first-order valence-electron chi connectivity index (χ1n) is 9.17. The van der Waals surface area contributed by atoms with Crippen molar-refractivity contribution in [3.05, 3.63) is 27.8 Å². The van der Waals surface area contributed by atoms with E-state index in [2.05, 4.69) is 5.32 Å². The number of hydrogen-bond acceptors (Lipinski definition) is 4. The second-order valence-electron chi connectivity index (χ2n) is 7.24. The van der Waals surface area contributed by atoms with E-state index in [1.807, 2.05) is 34.6 Å². The van der Waals surface area contributed by atoms with Gasteiger partial charge in [-0.1, -0.05) is 0 Å². The number of hydrogen-bond donors (Lipinski definition) is 2. The van der Waals surface area contributed by atoms with Crippen molar-refractivity contribution in [3.8, 4) is 0 Å². The molecule has 6 nitrogen and oxygen atoms in total. The molecule has 1 aliphatic heterocycles. The fraction of sp³-hybridized carbons (Fsp3) is 0.632. The summed E-state index contributed by atoms with van der Waals surface area (Å²) in [6, 6.07) is 0. The van der Waals surface area contributed by atoms with Gasteiger partial charge in [-0.15, -0.1) is 0 Å². The maximum Gasteiger partial charge on any atom is 0.243 e. The normalized spacial score (nSPS) is 18.8. The Labute approximate surface area is 157 Å². The Morgan fingerprint density at radius 3 is 2.15 bits per heavy atom. The minimum atomic E-state index is -3.64. The second-order valence-corrected chi connectivity index (χ2v) is 9.11. The summed E-state index contributed by atoms with van der Waals surface area (Å²) in [7, 11) is -3.64. The number of carbonyl (C=O) groups is 1. The number of amides is 1. The van der Waals surface area contributed by atoms with Gasteiger partial charge in [-0.25, -0.2) is 8.42 Å². The molecule has 1 fully saturated rings. The highest BCUT2D eigenvalue weighted by Gasteiger charge is 2.35. The number of rotatable bonds is 5. The van der Waals surface area contributed by atoms with Crippen LogP contribution in [-0.2, 0) is 14.8 Å². The maximum atomic E-state index is 13.4. The molecule has 26 heavy (non-hydrogen) atoms. The molecule has 3 N–H and O–H groups in total. The first kappa shape index (κ1) is 20.9. The Hall–Kier alpha value is -1.44. The van der Waals surface area contributed by atoms with Gasteiger partial charge in [0.25, 0.3) is 0 Å². The molecule has 0 saturated carbocycles. The molecule has 0 aromatic heterocycles. The van der Waals surface area contributed by atoms with Crippen molar-refractivity contribution in [1.82, 2.24) is 9.62 Å². The van der Waals surface area contributed by atoms with Gasteiger partial charge in [-0.05, 0) is 75.3 Å². The van der Waals surface area contributed by atoms with Crippen LogP contribution in [0.1, 0.15) is 40.7 Å². The summed E-state index contributed by atoms with van der Waals surface area (Å²) in [5.41, 5.74) is 10.2. The lowest BCUT2D eigenvalue weighted by atomic mass is 9.95. The van der Waals surface area contributed by atoms with E-state index in [9.17, 15) is 13.2 Å². The van der Waals surface area contributed by atoms with Crippen LogP contribution >= 0.6 is 0 Å². The molecular formula is C19H31N3O3S. The molecule has 0 spiro atoms. The number of piperidine rings is 1. The predicted molar refractivity (Wildman–Crippen MR) is 104 cm³/mol. The number of sulfonamides is 1. The van der Waals surface area contributed by atoms with E-state index in [0.29, 0.717) is 37.4 Å². The highest BCUT2D eigenvalue weighted by molar-refractivity contribution is 7.89. The van der Waals surface area contributed by atoms with Crippen molar-refractivity contribution in [2.75, 3.05) is 26.2 Å². The Balaban J connectivity index is 2.38. The quantitative estimate of drug-likeness (QED) is 0.812. The molecule has 1 aromatic carbocycles. The number of nitrogens with one attached hydrogen (secondary N) is 1. The fourth-order valence-corrected chi connectivity index (χ4v) is 5.78. The highest BCUT2D eigenvalue weighted by atomic mass is 32.2. The van der Waals surface area contributed by atoms with Crippen LogP contribution in [0, 0.1) is 40.5 Å².